The zero-order chi connectivity index (χ0) is 19.0. The van der Waals surface area contributed by atoms with Crippen molar-refractivity contribution >= 4 is 56.5 Å². The largest absolute Gasteiger partial charge is 0.287 e. The van der Waals surface area contributed by atoms with E-state index in [0.29, 0.717) is 34.9 Å². The van der Waals surface area contributed by atoms with Crippen molar-refractivity contribution in [2.45, 2.75) is 31.5 Å². The number of imide groups is 1. The van der Waals surface area contributed by atoms with Gasteiger partial charge < -0.3 is 0 Å². The van der Waals surface area contributed by atoms with Crippen molar-refractivity contribution in [1.29, 1.82) is 0 Å². The highest BCUT2D eigenvalue weighted by molar-refractivity contribution is 7.99. The number of amides is 2. The van der Waals surface area contributed by atoms with E-state index >= 15 is 0 Å². The lowest BCUT2D eigenvalue weighted by molar-refractivity contribution is -0.140. The van der Waals surface area contributed by atoms with E-state index in [9.17, 15) is 14.4 Å². The Morgan fingerprint density at radius 1 is 1.33 bits per heavy atom. The predicted octanol–water partition coefficient (Wildman–Crippen LogP) is 3.45. The standard InChI is InChI=1S/C18H17N3O3S3/c1-2-20-17(24)15-11(12-5-4-8-25-12)9-26-16(15)19-18(20)27-10-14(23)21-7-3-6-13(21)22/h4-5,8-9H,2-3,6-7,10H2,1H3. The maximum Gasteiger partial charge on any atom is 0.263 e. The summed E-state index contributed by atoms with van der Waals surface area (Å²) >= 11 is 4.25. The van der Waals surface area contributed by atoms with Gasteiger partial charge in [0, 0.05) is 35.3 Å². The van der Waals surface area contributed by atoms with Gasteiger partial charge in [0.25, 0.3) is 5.56 Å². The third-order valence-corrected chi connectivity index (χ3v) is 7.20. The minimum Gasteiger partial charge on any atom is -0.287 e. The van der Waals surface area contributed by atoms with E-state index < -0.39 is 0 Å². The van der Waals surface area contributed by atoms with E-state index in [1.807, 2.05) is 29.8 Å². The van der Waals surface area contributed by atoms with Crippen molar-refractivity contribution < 1.29 is 9.59 Å². The molecule has 1 saturated heterocycles. The fourth-order valence-corrected chi connectivity index (χ4v) is 5.87. The lowest BCUT2D eigenvalue weighted by Crippen LogP contribution is -2.33. The van der Waals surface area contributed by atoms with E-state index in [1.165, 1.54) is 28.0 Å². The summed E-state index contributed by atoms with van der Waals surface area (Å²) in [4.78, 5) is 44.8. The van der Waals surface area contributed by atoms with Crippen LogP contribution in [0.2, 0.25) is 0 Å². The van der Waals surface area contributed by atoms with Crippen molar-refractivity contribution in [2.24, 2.45) is 0 Å². The number of fused-ring (bicyclic) bond motifs is 1. The Kier molecular flexibility index (Phi) is 5.16. The average Bonchev–Trinajstić information content (AvgIpc) is 3.39. The first-order valence-corrected chi connectivity index (χ1v) is 11.4. The second-order valence-corrected chi connectivity index (χ2v) is 8.83. The number of hydrogen-bond acceptors (Lipinski definition) is 7. The smallest absolute Gasteiger partial charge is 0.263 e. The maximum absolute atomic E-state index is 13.1. The molecule has 4 heterocycles. The number of hydrogen-bond donors (Lipinski definition) is 0. The Bertz CT molecular complexity index is 1070. The molecule has 6 nitrogen and oxygen atoms in total. The molecule has 140 valence electrons. The maximum atomic E-state index is 13.1. The second-order valence-electron chi connectivity index (χ2n) is 6.08. The molecule has 1 aliphatic rings. The Hall–Kier alpha value is -1.97. The fraction of sp³-hybridized carbons (Fsp3) is 0.333. The number of thioether (sulfide) groups is 1. The summed E-state index contributed by atoms with van der Waals surface area (Å²) in [5.74, 6) is -0.229. The molecule has 9 heteroatoms. The number of carbonyl (C=O) groups is 2. The van der Waals surface area contributed by atoms with Gasteiger partial charge >= 0.3 is 0 Å². The summed E-state index contributed by atoms with van der Waals surface area (Å²) < 4.78 is 1.61. The Labute approximate surface area is 167 Å². The summed E-state index contributed by atoms with van der Waals surface area (Å²) in [5.41, 5.74) is 0.833. The molecule has 0 atom stereocenters. The van der Waals surface area contributed by atoms with E-state index in [-0.39, 0.29) is 23.1 Å². The highest BCUT2D eigenvalue weighted by Crippen LogP contribution is 2.34. The van der Waals surface area contributed by atoms with Crippen molar-refractivity contribution in [3.63, 3.8) is 0 Å². The minimum atomic E-state index is -0.218. The Morgan fingerprint density at radius 3 is 2.85 bits per heavy atom. The quantitative estimate of drug-likeness (QED) is 0.468. The van der Waals surface area contributed by atoms with Crippen molar-refractivity contribution in [3.8, 4) is 10.4 Å². The van der Waals surface area contributed by atoms with Crippen LogP contribution < -0.4 is 5.56 Å². The average molecular weight is 420 g/mol. The monoisotopic (exact) mass is 419 g/mol. The zero-order valence-electron chi connectivity index (χ0n) is 14.6. The number of thiophene rings is 2. The van der Waals surface area contributed by atoms with Crippen LogP contribution in [0, 0.1) is 0 Å². The van der Waals surface area contributed by atoms with Crippen LogP contribution in [0.1, 0.15) is 19.8 Å². The van der Waals surface area contributed by atoms with Crippen molar-refractivity contribution in [2.75, 3.05) is 12.3 Å². The first-order chi connectivity index (χ1) is 13.1. The molecule has 0 spiro atoms. The molecule has 0 aliphatic carbocycles. The summed E-state index contributed by atoms with van der Waals surface area (Å²) in [6.45, 7) is 2.85. The van der Waals surface area contributed by atoms with Gasteiger partial charge in [0.05, 0.1) is 11.1 Å². The van der Waals surface area contributed by atoms with Crippen LogP contribution in [0.3, 0.4) is 0 Å². The van der Waals surface area contributed by atoms with Crippen LogP contribution in [0.5, 0.6) is 0 Å². The molecular formula is C18H17N3O3S3. The van der Waals surface area contributed by atoms with E-state index in [0.717, 1.165) is 16.9 Å². The van der Waals surface area contributed by atoms with Crippen LogP contribution in [0.4, 0.5) is 0 Å². The summed E-state index contributed by atoms with van der Waals surface area (Å²) in [7, 11) is 0. The molecule has 0 aromatic carbocycles. The molecule has 3 aromatic heterocycles. The van der Waals surface area contributed by atoms with Crippen molar-refractivity contribution in [3.05, 3.63) is 33.2 Å². The molecule has 0 bridgehead atoms. The summed E-state index contributed by atoms with van der Waals surface area (Å²) in [6.07, 6.45) is 1.15. The van der Waals surface area contributed by atoms with Gasteiger partial charge in [0.2, 0.25) is 11.8 Å². The van der Waals surface area contributed by atoms with Crippen LogP contribution >= 0.6 is 34.4 Å². The van der Waals surface area contributed by atoms with E-state index in [4.69, 9.17) is 0 Å². The summed E-state index contributed by atoms with van der Waals surface area (Å²) in [6, 6.07) is 3.96. The van der Waals surface area contributed by atoms with Gasteiger partial charge in [-0.2, -0.15) is 0 Å². The first kappa shape index (κ1) is 18.4. The molecule has 0 unspecified atom stereocenters. The third kappa shape index (κ3) is 3.35. The van der Waals surface area contributed by atoms with Gasteiger partial charge in [-0.05, 0) is 24.8 Å². The fourth-order valence-electron chi connectivity index (χ4n) is 3.12. The van der Waals surface area contributed by atoms with Gasteiger partial charge in [0.1, 0.15) is 4.83 Å². The van der Waals surface area contributed by atoms with E-state index in [2.05, 4.69) is 4.98 Å². The summed E-state index contributed by atoms with van der Waals surface area (Å²) in [5, 5.41) is 5.11. The normalized spacial score (nSPS) is 14.4. The molecule has 4 rings (SSSR count). The van der Waals surface area contributed by atoms with Crippen LogP contribution in [-0.4, -0.2) is 38.6 Å². The van der Waals surface area contributed by atoms with Crippen LogP contribution in [0.25, 0.3) is 20.7 Å². The van der Waals surface area contributed by atoms with Gasteiger partial charge in [-0.3, -0.25) is 23.9 Å². The molecule has 0 radical (unpaired) electrons. The number of rotatable bonds is 5. The van der Waals surface area contributed by atoms with Gasteiger partial charge in [-0.15, -0.1) is 22.7 Å². The van der Waals surface area contributed by atoms with Gasteiger partial charge in [-0.1, -0.05) is 17.8 Å². The lowest BCUT2D eigenvalue weighted by atomic mass is 10.2. The van der Waals surface area contributed by atoms with Gasteiger partial charge in [-0.25, -0.2) is 4.98 Å². The number of likely N-dealkylation sites (tertiary alicyclic amines) is 1. The molecule has 0 N–H and O–H groups in total. The minimum absolute atomic E-state index is 0.0839. The van der Waals surface area contributed by atoms with Crippen LogP contribution in [-0.2, 0) is 16.1 Å². The molecule has 3 aromatic rings. The molecule has 1 aliphatic heterocycles. The second kappa shape index (κ2) is 7.57. The Morgan fingerprint density at radius 2 is 2.19 bits per heavy atom. The van der Waals surface area contributed by atoms with Crippen molar-refractivity contribution in [1.82, 2.24) is 14.5 Å². The first-order valence-electron chi connectivity index (χ1n) is 8.62. The highest BCUT2D eigenvalue weighted by atomic mass is 32.2. The van der Waals surface area contributed by atoms with Gasteiger partial charge in [0.15, 0.2) is 5.16 Å². The SMILES string of the molecule is CCn1c(SCC(=O)N2CCCC2=O)nc2scc(-c3cccs3)c2c1=O. The lowest BCUT2D eigenvalue weighted by Gasteiger charge is -2.14. The predicted molar refractivity (Wildman–Crippen MR) is 110 cm³/mol. The molecule has 0 saturated carbocycles. The molecule has 2 amide bonds. The zero-order valence-corrected chi connectivity index (χ0v) is 17.1. The highest BCUT2D eigenvalue weighted by Gasteiger charge is 2.27. The number of nitrogens with zero attached hydrogens (tertiary/aromatic N) is 3. The van der Waals surface area contributed by atoms with E-state index in [1.54, 1.807) is 15.9 Å². The third-order valence-electron chi connectivity index (χ3n) is 4.46. The molecule has 1 fully saturated rings. The molecular weight excluding hydrogens is 402 g/mol. The topological polar surface area (TPSA) is 72.3 Å². The molecule has 27 heavy (non-hydrogen) atoms. The number of aromatic nitrogens is 2. The van der Waals surface area contributed by atoms with Crippen LogP contribution in [0.15, 0.2) is 32.8 Å². The Balaban J connectivity index is 1.66. The number of carbonyl (C=O) groups excluding carboxylic acids is 2.